The van der Waals surface area contributed by atoms with Gasteiger partial charge in [-0.1, -0.05) is 23.7 Å². The van der Waals surface area contributed by atoms with Gasteiger partial charge in [-0.25, -0.2) is 0 Å². The lowest BCUT2D eigenvalue weighted by molar-refractivity contribution is -0.385. The van der Waals surface area contributed by atoms with E-state index in [1.807, 2.05) is 6.92 Å². The van der Waals surface area contributed by atoms with Crippen LogP contribution in [-0.4, -0.2) is 15.9 Å². The quantitative estimate of drug-likeness (QED) is 0.670. The molecule has 0 unspecified atom stereocenters. The summed E-state index contributed by atoms with van der Waals surface area (Å²) in [6.45, 7) is 1.83. The Kier molecular flexibility index (Phi) is 4.09. The number of aromatic hydroxyl groups is 1. The maximum Gasteiger partial charge on any atom is 0.311 e. The molecule has 0 aromatic heterocycles. The molecule has 0 radical (unpaired) electrons. The van der Waals surface area contributed by atoms with Gasteiger partial charge in [0.2, 0.25) is 5.75 Å². The van der Waals surface area contributed by atoms with E-state index in [9.17, 15) is 20.0 Å². The van der Waals surface area contributed by atoms with Crippen LogP contribution >= 0.6 is 11.6 Å². The standard InChI is InChI=1S/C14H11ClN2O4/c1-8-5-6-10(15)11(7-8)16-14(19)9-3-2-4-12(13(9)18)17(20)21/h2-7,18H,1H3,(H,16,19). The molecule has 2 aromatic carbocycles. The van der Waals surface area contributed by atoms with Gasteiger partial charge in [0.15, 0.2) is 0 Å². The topological polar surface area (TPSA) is 92.5 Å². The molecule has 21 heavy (non-hydrogen) atoms. The van der Waals surface area contributed by atoms with E-state index in [1.165, 1.54) is 12.1 Å². The minimum absolute atomic E-state index is 0.193. The molecular formula is C14H11ClN2O4. The van der Waals surface area contributed by atoms with Gasteiger partial charge in [0.05, 0.1) is 21.2 Å². The summed E-state index contributed by atoms with van der Waals surface area (Å²) in [5.74, 6) is -1.35. The van der Waals surface area contributed by atoms with E-state index in [1.54, 1.807) is 18.2 Å². The lowest BCUT2D eigenvalue weighted by atomic mass is 10.1. The van der Waals surface area contributed by atoms with E-state index in [0.29, 0.717) is 10.7 Å². The highest BCUT2D eigenvalue weighted by Crippen LogP contribution is 2.30. The number of hydrogen-bond donors (Lipinski definition) is 2. The zero-order chi connectivity index (χ0) is 15.6. The van der Waals surface area contributed by atoms with Gasteiger partial charge in [0.25, 0.3) is 5.91 Å². The molecule has 2 aromatic rings. The molecule has 2 rings (SSSR count). The Morgan fingerprint density at radius 3 is 2.71 bits per heavy atom. The van der Waals surface area contributed by atoms with Gasteiger partial charge in [-0.3, -0.25) is 14.9 Å². The van der Waals surface area contributed by atoms with E-state index < -0.39 is 22.3 Å². The number of nitrogens with zero attached hydrogens (tertiary/aromatic N) is 1. The molecule has 1 amide bonds. The van der Waals surface area contributed by atoms with Gasteiger partial charge >= 0.3 is 5.69 Å². The van der Waals surface area contributed by atoms with E-state index >= 15 is 0 Å². The predicted molar refractivity (Wildman–Crippen MR) is 78.9 cm³/mol. The maximum atomic E-state index is 12.1. The Balaban J connectivity index is 2.35. The van der Waals surface area contributed by atoms with Crippen molar-refractivity contribution in [1.29, 1.82) is 0 Å². The second-order valence-corrected chi connectivity index (χ2v) is 4.78. The number of halogens is 1. The minimum Gasteiger partial charge on any atom is -0.502 e. The van der Waals surface area contributed by atoms with E-state index in [0.717, 1.165) is 11.6 Å². The van der Waals surface area contributed by atoms with Crippen LogP contribution in [0.4, 0.5) is 11.4 Å². The molecule has 0 aliphatic rings. The molecular weight excluding hydrogens is 296 g/mol. The summed E-state index contributed by atoms with van der Waals surface area (Å²) in [6.07, 6.45) is 0. The first kappa shape index (κ1) is 14.8. The van der Waals surface area contributed by atoms with Crippen molar-refractivity contribution < 1.29 is 14.8 Å². The molecule has 0 aliphatic carbocycles. The zero-order valence-electron chi connectivity index (χ0n) is 11.0. The fourth-order valence-corrected chi connectivity index (χ4v) is 1.95. The van der Waals surface area contributed by atoms with Crippen molar-refractivity contribution in [1.82, 2.24) is 0 Å². The molecule has 0 saturated heterocycles. The monoisotopic (exact) mass is 306 g/mol. The van der Waals surface area contributed by atoms with Crippen LogP contribution in [0.1, 0.15) is 15.9 Å². The van der Waals surface area contributed by atoms with Crippen LogP contribution in [0.2, 0.25) is 5.02 Å². The van der Waals surface area contributed by atoms with Gasteiger partial charge in [-0.05, 0) is 30.7 Å². The Morgan fingerprint density at radius 1 is 1.33 bits per heavy atom. The predicted octanol–water partition coefficient (Wildman–Crippen LogP) is 3.51. The van der Waals surface area contributed by atoms with Crippen molar-refractivity contribution in [2.45, 2.75) is 6.92 Å². The smallest absolute Gasteiger partial charge is 0.311 e. The summed E-state index contributed by atoms with van der Waals surface area (Å²) in [5, 5.41) is 23.4. The van der Waals surface area contributed by atoms with E-state index in [-0.39, 0.29) is 5.56 Å². The van der Waals surface area contributed by atoms with Crippen LogP contribution in [0, 0.1) is 17.0 Å². The lowest BCUT2D eigenvalue weighted by Crippen LogP contribution is -2.13. The van der Waals surface area contributed by atoms with Gasteiger partial charge in [0, 0.05) is 6.07 Å². The number of para-hydroxylation sites is 1. The highest BCUT2D eigenvalue weighted by molar-refractivity contribution is 6.34. The first-order valence-electron chi connectivity index (χ1n) is 5.94. The SMILES string of the molecule is Cc1ccc(Cl)c(NC(=O)c2cccc([N+](=O)[O-])c2O)c1. The highest BCUT2D eigenvalue weighted by Gasteiger charge is 2.21. The van der Waals surface area contributed by atoms with E-state index in [2.05, 4.69) is 5.32 Å². The molecule has 0 spiro atoms. The molecule has 0 heterocycles. The molecule has 7 heteroatoms. The number of phenols is 1. The van der Waals surface area contributed by atoms with Crippen LogP contribution in [0.15, 0.2) is 36.4 Å². The normalized spacial score (nSPS) is 10.2. The number of carbonyl (C=O) groups is 1. The number of benzene rings is 2. The summed E-state index contributed by atoms with van der Waals surface area (Å²) in [7, 11) is 0. The average Bonchev–Trinajstić information content (AvgIpc) is 2.42. The molecule has 2 N–H and O–H groups in total. The fraction of sp³-hybridized carbons (Fsp3) is 0.0714. The third kappa shape index (κ3) is 3.11. The molecule has 0 aliphatic heterocycles. The number of hydrogen-bond acceptors (Lipinski definition) is 4. The molecule has 0 bridgehead atoms. The first-order valence-corrected chi connectivity index (χ1v) is 6.32. The largest absolute Gasteiger partial charge is 0.502 e. The van der Waals surface area contributed by atoms with Crippen molar-refractivity contribution in [3.63, 3.8) is 0 Å². The van der Waals surface area contributed by atoms with Crippen molar-refractivity contribution in [3.8, 4) is 5.75 Å². The summed E-state index contributed by atoms with van der Waals surface area (Å²) in [6, 6.07) is 8.80. The molecule has 108 valence electrons. The number of amides is 1. The van der Waals surface area contributed by atoms with E-state index in [4.69, 9.17) is 11.6 Å². The van der Waals surface area contributed by atoms with Crippen LogP contribution in [0.25, 0.3) is 0 Å². The van der Waals surface area contributed by atoms with Crippen LogP contribution < -0.4 is 5.32 Å². The van der Waals surface area contributed by atoms with Crippen molar-refractivity contribution >= 4 is 28.9 Å². The summed E-state index contributed by atoms with van der Waals surface area (Å²) < 4.78 is 0. The minimum atomic E-state index is -0.758. The fourth-order valence-electron chi connectivity index (χ4n) is 1.79. The van der Waals surface area contributed by atoms with Gasteiger partial charge < -0.3 is 10.4 Å². The third-order valence-electron chi connectivity index (χ3n) is 2.83. The van der Waals surface area contributed by atoms with Crippen LogP contribution in [0.3, 0.4) is 0 Å². The maximum absolute atomic E-state index is 12.1. The summed E-state index contributed by atoms with van der Waals surface area (Å²) in [4.78, 5) is 22.1. The van der Waals surface area contributed by atoms with Crippen molar-refractivity contribution in [2.24, 2.45) is 0 Å². The van der Waals surface area contributed by atoms with Gasteiger partial charge in [-0.2, -0.15) is 0 Å². The second-order valence-electron chi connectivity index (χ2n) is 4.37. The number of rotatable bonds is 3. The number of nitro benzene ring substituents is 1. The zero-order valence-corrected chi connectivity index (χ0v) is 11.7. The first-order chi connectivity index (χ1) is 9.90. The highest BCUT2D eigenvalue weighted by atomic mass is 35.5. The third-order valence-corrected chi connectivity index (χ3v) is 3.16. The number of phenolic OH excluding ortho intramolecular Hbond substituents is 1. The summed E-state index contributed by atoms with van der Waals surface area (Å²) in [5.41, 5.74) is 0.533. The Morgan fingerprint density at radius 2 is 2.05 bits per heavy atom. The van der Waals surface area contributed by atoms with Crippen molar-refractivity contribution in [3.05, 3.63) is 62.7 Å². The molecule has 0 atom stereocenters. The second kappa shape index (κ2) is 5.80. The molecule has 0 saturated carbocycles. The van der Waals surface area contributed by atoms with Crippen molar-refractivity contribution in [2.75, 3.05) is 5.32 Å². The lowest BCUT2D eigenvalue weighted by Gasteiger charge is -2.09. The van der Waals surface area contributed by atoms with Gasteiger partial charge in [0.1, 0.15) is 0 Å². The number of carbonyl (C=O) groups excluding carboxylic acids is 1. The average molecular weight is 307 g/mol. The van der Waals surface area contributed by atoms with Crippen LogP contribution in [0.5, 0.6) is 5.75 Å². The van der Waals surface area contributed by atoms with Gasteiger partial charge in [-0.15, -0.1) is 0 Å². The Bertz CT molecular complexity index is 731. The number of nitrogens with one attached hydrogen (secondary N) is 1. The Hall–Kier alpha value is -2.60. The molecule has 0 fully saturated rings. The summed E-state index contributed by atoms with van der Waals surface area (Å²) >= 11 is 5.96. The number of aryl methyl sites for hydroxylation is 1. The number of anilines is 1. The number of nitro groups is 1. The molecule has 6 nitrogen and oxygen atoms in total. The Labute approximate surface area is 125 Å². The van der Waals surface area contributed by atoms with Crippen LogP contribution in [-0.2, 0) is 0 Å².